The molecule has 0 aliphatic rings. The number of hydrogen-bond donors (Lipinski definition) is 4. The second-order valence-electron chi connectivity index (χ2n) is 2.43. The third-order valence-corrected chi connectivity index (χ3v) is 1.49. The first-order chi connectivity index (χ1) is 7.20. The van der Waals surface area contributed by atoms with Crippen molar-refractivity contribution in [2.75, 3.05) is 24.9 Å². The van der Waals surface area contributed by atoms with Gasteiger partial charge in [0.05, 0.1) is 4.92 Å². The van der Waals surface area contributed by atoms with E-state index in [2.05, 4.69) is 31.7 Å². The molecular weight excluding hydrogens is 202 g/mol. The molecule has 15 heavy (non-hydrogen) atoms. The number of anilines is 2. The van der Waals surface area contributed by atoms with Crippen LogP contribution in [-0.4, -0.2) is 29.0 Å². The molecule has 0 radical (unpaired) electrons. The average molecular weight is 213 g/mol. The third kappa shape index (κ3) is 2.48. The Morgan fingerprint density at radius 2 is 1.67 bits per heavy atom. The van der Waals surface area contributed by atoms with Gasteiger partial charge in [0, 0.05) is 14.1 Å². The fourth-order valence-corrected chi connectivity index (χ4v) is 0.971. The van der Waals surface area contributed by atoms with Crippen LogP contribution in [0.1, 0.15) is 0 Å². The Morgan fingerprint density at radius 1 is 1.20 bits per heavy atom. The molecule has 82 valence electrons. The van der Waals surface area contributed by atoms with E-state index in [1.165, 1.54) is 6.33 Å². The maximum Gasteiger partial charge on any atom is 0.355 e. The summed E-state index contributed by atoms with van der Waals surface area (Å²) in [6.45, 7) is 0. The van der Waals surface area contributed by atoms with Crippen molar-refractivity contribution in [1.82, 2.24) is 20.8 Å². The summed E-state index contributed by atoms with van der Waals surface area (Å²) < 4.78 is 0. The molecule has 9 heteroatoms. The Hall–Kier alpha value is -2.00. The van der Waals surface area contributed by atoms with Gasteiger partial charge in [0.1, 0.15) is 6.33 Å². The van der Waals surface area contributed by atoms with Crippen LogP contribution in [0.4, 0.5) is 17.3 Å². The van der Waals surface area contributed by atoms with E-state index in [4.69, 9.17) is 0 Å². The van der Waals surface area contributed by atoms with Crippen LogP contribution in [0, 0.1) is 10.1 Å². The predicted molar refractivity (Wildman–Crippen MR) is 54.1 cm³/mol. The summed E-state index contributed by atoms with van der Waals surface area (Å²) in [7, 11) is 3.16. The molecule has 1 rings (SSSR count). The van der Waals surface area contributed by atoms with Crippen LogP contribution in [0.15, 0.2) is 6.33 Å². The van der Waals surface area contributed by atoms with Gasteiger partial charge in [-0.05, 0) is 0 Å². The predicted octanol–water partition coefficient (Wildman–Crippen LogP) is -0.523. The van der Waals surface area contributed by atoms with Gasteiger partial charge < -0.3 is 10.9 Å². The minimum Gasteiger partial charge on any atom is -0.300 e. The van der Waals surface area contributed by atoms with E-state index in [9.17, 15) is 10.1 Å². The highest BCUT2D eigenvalue weighted by molar-refractivity contribution is 5.68. The maximum absolute atomic E-state index is 10.8. The van der Waals surface area contributed by atoms with Gasteiger partial charge in [-0.2, -0.15) is 0 Å². The first kappa shape index (κ1) is 11.1. The first-order valence-corrected chi connectivity index (χ1v) is 4.05. The maximum atomic E-state index is 10.8. The summed E-state index contributed by atoms with van der Waals surface area (Å²) in [5, 5.41) is 10.8. The monoisotopic (exact) mass is 213 g/mol. The Kier molecular flexibility index (Phi) is 3.71. The number of hydrogen-bond acceptors (Lipinski definition) is 8. The van der Waals surface area contributed by atoms with Crippen molar-refractivity contribution in [2.24, 2.45) is 0 Å². The van der Waals surface area contributed by atoms with Crippen LogP contribution in [0.5, 0.6) is 0 Å². The fourth-order valence-electron chi connectivity index (χ4n) is 0.971. The highest BCUT2D eigenvalue weighted by Crippen LogP contribution is 2.27. The van der Waals surface area contributed by atoms with Crippen molar-refractivity contribution >= 4 is 17.3 Å². The van der Waals surface area contributed by atoms with E-state index < -0.39 is 4.92 Å². The van der Waals surface area contributed by atoms with Crippen molar-refractivity contribution in [2.45, 2.75) is 0 Å². The molecule has 1 heterocycles. The Labute approximate surface area is 85.4 Å². The van der Waals surface area contributed by atoms with Gasteiger partial charge in [-0.1, -0.05) is 0 Å². The number of rotatable bonds is 5. The fraction of sp³-hybridized carbons (Fsp3) is 0.333. The summed E-state index contributed by atoms with van der Waals surface area (Å²) >= 11 is 0. The van der Waals surface area contributed by atoms with E-state index in [1.54, 1.807) is 14.1 Å². The minimum atomic E-state index is -0.570. The summed E-state index contributed by atoms with van der Waals surface area (Å²) in [5.41, 5.74) is 9.97. The van der Waals surface area contributed by atoms with Crippen molar-refractivity contribution in [3.63, 3.8) is 0 Å². The molecule has 0 amide bonds. The summed E-state index contributed by atoms with van der Waals surface area (Å²) in [5.74, 6) is 0.186. The van der Waals surface area contributed by atoms with Crippen LogP contribution >= 0.6 is 0 Å². The van der Waals surface area contributed by atoms with Crippen LogP contribution in [0.2, 0.25) is 0 Å². The molecule has 0 atom stereocenters. The van der Waals surface area contributed by atoms with Crippen LogP contribution in [0.3, 0.4) is 0 Å². The van der Waals surface area contributed by atoms with Crippen LogP contribution in [-0.2, 0) is 0 Å². The lowest BCUT2D eigenvalue weighted by Crippen LogP contribution is -2.21. The molecule has 0 aliphatic heterocycles. The molecule has 0 unspecified atom stereocenters. The van der Waals surface area contributed by atoms with Gasteiger partial charge in [0.25, 0.3) is 0 Å². The van der Waals surface area contributed by atoms with Gasteiger partial charge in [0.15, 0.2) is 0 Å². The van der Waals surface area contributed by atoms with Crippen molar-refractivity contribution < 1.29 is 4.92 Å². The van der Waals surface area contributed by atoms with E-state index in [0.29, 0.717) is 0 Å². The average Bonchev–Trinajstić information content (AvgIpc) is 2.18. The van der Waals surface area contributed by atoms with Gasteiger partial charge in [0.2, 0.25) is 11.6 Å². The van der Waals surface area contributed by atoms with E-state index in [-0.39, 0.29) is 17.3 Å². The second kappa shape index (κ2) is 5.02. The number of nitro groups is 1. The molecule has 1 aromatic heterocycles. The van der Waals surface area contributed by atoms with Crippen molar-refractivity contribution in [1.29, 1.82) is 0 Å². The van der Waals surface area contributed by atoms with Crippen LogP contribution < -0.4 is 21.7 Å². The quantitative estimate of drug-likeness (QED) is 0.381. The number of aromatic nitrogens is 2. The lowest BCUT2D eigenvalue weighted by atomic mass is 10.4. The summed E-state index contributed by atoms with van der Waals surface area (Å²) in [6.07, 6.45) is 1.21. The molecule has 0 saturated heterocycles. The summed E-state index contributed by atoms with van der Waals surface area (Å²) in [6, 6.07) is 0. The standard InChI is InChI=1S/C6H11N7O2/c1-7-11-5-4(13(14)15)6(12-8-2)10-3-9-5/h3,7-8H,1-2H3,(H2,9,10,11,12). The Balaban J connectivity index is 3.15. The number of hydrazine groups is 2. The van der Waals surface area contributed by atoms with Gasteiger partial charge in [-0.25, -0.2) is 20.8 Å². The van der Waals surface area contributed by atoms with Crippen molar-refractivity contribution in [3.8, 4) is 0 Å². The van der Waals surface area contributed by atoms with E-state index >= 15 is 0 Å². The van der Waals surface area contributed by atoms with Gasteiger partial charge >= 0.3 is 5.69 Å². The van der Waals surface area contributed by atoms with Gasteiger partial charge in [-0.15, -0.1) is 0 Å². The lowest BCUT2D eigenvalue weighted by molar-refractivity contribution is -0.383. The molecule has 0 fully saturated rings. The van der Waals surface area contributed by atoms with Crippen LogP contribution in [0.25, 0.3) is 0 Å². The molecule has 4 N–H and O–H groups in total. The Bertz CT molecular complexity index is 331. The number of nitrogens with one attached hydrogen (secondary N) is 4. The SMILES string of the molecule is CNNc1ncnc(NNC)c1[N+](=O)[O-]. The molecular formula is C6H11N7O2. The highest BCUT2D eigenvalue weighted by Gasteiger charge is 2.22. The second-order valence-corrected chi connectivity index (χ2v) is 2.43. The molecule has 0 aliphatic carbocycles. The Morgan fingerprint density at radius 3 is 2.00 bits per heavy atom. The lowest BCUT2D eigenvalue weighted by Gasteiger charge is -2.07. The molecule has 1 aromatic rings. The molecule has 0 spiro atoms. The molecule has 0 bridgehead atoms. The zero-order valence-corrected chi connectivity index (χ0v) is 8.24. The largest absolute Gasteiger partial charge is 0.355 e. The third-order valence-electron chi connectivity index (χ3n) is 1.49. The topological polar surface area (TPSA) is 117 Å². The van der Waals surface area contributed by atoms with E-state index in [1.807, 2.05) is 0 Å². The number of nitrogens with zero attached hydrogens (tertiary/aromatic N) is 3. The van der Waals surface area contributed by atoms with Crippen molar-refractivity contribution in [3.05, 3.63) is 16.4 Å². The van der Waals surface area contributed by atoms with Gasteiger partial charge in [-0.3, -0.25) is 10.1 Å². The minimum absolute atomic E-state index is 0.0928. The highest BCUT2D eigenvalue weighted by atomic mass is 16.6. The zero-order chi connectivity index (χ0) is 11.3. The summed E-state index contributed by atoms with van der Waals surface area (Å²) in [4.78, 5) is 17.7. The normalized spacial score (nSPS) is 9.73. The van der Waals surface area contributed by atoms with E-state index in [0.717, 1.165) is 0 Å². The molecule has 0 aromatic carbocycles. The first-order valence-electron chi connectivity index (χ1n) is 4.05. The smallest absolute Gasteiger partial charge is 0.300 e. The molecule has 0 saturated carbocycles. The zero-order valence-electron chi connectivity index (χ0n) is 8.24. The molecule has 9 nitrogen and oxygen atoms in total.